The first-order valence-corrected chi connectivity index (χ1v) is 6.91. The quantitative estimate of drug-likeness (QED) is 0.916. The monoisotopic (exact) mass is 284 g/mol. The molecular formula is C12H17ClN4S. The Morgan fingerprint density at radius 2 is 2.33 bits per heavy atom. The van der Waals surface area contributed by atoms with Gasteiger partial charge in [-0.3, -0.25) is 9.58 Å². The fourth-order valence-electron chi connectivity index (χ4n) is 1.84. The van der Waals surface area contributed by atoms with E-state index in [4.69, 9.17) is 17.3 Å². The van der Waals surface area contributed by atoms with Crippen LogP contribution in [0, 0.1) is 0 Å². The first-order valence-electron chi connectivity index (χ1n) is 5.71. The Labute approximate surface area is 116 Å². The van der Waals surface area contributed by atoms with Gasteiger partial charge in [0.05, 0.1) is 10.5 Å². The van der Waals surface area contributed by atoms with Crippen LogP contribution in [0.15, 0.2) is 24.5 Å². The number of rotatable bonds is 5. The predicted molar refractivity (Wildman–Crippen MR) is 75.8 cm³/mol. The van der Waals surface area contributed by atoms with E-state index in [0.29, 0.717) is 0 Å². The zero-order valence-corrected chi connectivity index (χ0v) is 12.1. The summed E-state index contributed by atoms with van der Waals surface area (Å²) >= 11 is 7.52. The highest BCUT2D eigenvalue weighted by Crippen LogP contribution is 2.22. The molecule has 4 nitrogen and oxygen atoms in total. The van der Waals surface area contributed by atoms with Crippen molar-refractivity contribution in [1.29, 1.82) is 0 Å². The van der Waals surface area contributed by atoms with Crippen LogP contribution in [-0.2, 0) is 13.6 Å². The number of thiophene rings is 1. The van der Waals surface area contributed by atoms with Gasteiger partial charge in [0.15, 0.2) is 0 Å². The maximum Gasteiger partial charge on any atom is 0.0931 e. The lowest BCUT2D eigenvalue weighted by Gasteiger charge is -2.19. The van der Waals surface area contributed by atoms with Crippen molar-refractivity contribution in [2.45, 2.75) is 12.6 Å². The Morgan fingerprint density at radius 3 is 2.89 bits per heavy atom. The zero-order valence-electron chi connectivity index (χ0n) is 10.5. The van der Waals surface area contributed by atoms with E-state index in [-0.39, 0.29) is 6.04 Å². The number of hydrogen-bond donors (Lipinski definition) is 1. The van der Waals surface area contributed by atoms with Crippen molar-refractivity contribution >= 4 is 22.9 Å². The van der Waals surface area contributed by atoms with E-state index in [1.807, 2.05) is 25.5 Å². The molecule has 0 bridgehead atoms. The van der Waals surface area contributed by atoms with Gasteiger partial charge in [0, 0.05) is 42.8 Å². The first-order chi connectivity index (χ1) is 8.54. The topological polar surface area (TPSA) is 47.1 Å². The summed E-state index contributed by atoms with van der Waals surface area (Å²) in [4.78, 5) is 3.45. The van der Waals surface area contributed by atoms with Crippen LogP contribution >= 0.6 is 22.9 Å². The lowest BCUT2D eigenvalue weighted by Crippen LogP contribution is -2.28. The summed E-state index contributed by atoms with van der Waals surface area (Å²) in [5.74, 6) is 0. The van der Waals surface area contributed by atoms with Gasteiger partial charge in [-0.15, -0.1) is 11.3 Å². The molecule has 1 atom stereocenters. The van der Waals surface area contributed by atoms with Gasteiger partial charge in [-0.05, 0) is 19.2 Å². The third-order valence-corrected chi connectivity index (χ3v) is 3.93. The molecule has 0 aliphatic heterocycles. The standard InChI is InChI=1S/C12H17ClN4S/c1-16(7-10-3-4-12(13)18-10)8-11(14)9-5-15-17(2)6-9/h3-6,11H,7-8,14H2,1-2H3. The Kier molecular flexibility index (Phi) is 4.40. The maximum absolute atomic E-state index is 6.15. The van der Waals surface area contributed by atoms with Gasteiger partial charge in [0.1, 0.15) is 0 Å². The average Bonchev–Trinajstić information content (AvgIpc) is 2.87. The van der Waals surface area contributed by atoms with E-state index in [2.05, 4.69) is 23.1 Å². The molecule has 0 aromatic carbocycles. The summed E-state index contributed by atoms with van der Waals surface area (Å²) in [5, 5.41) is 4.14. The molecule has 0 saturated heterocycles. The Hall–Kier alpha value is -0.880. The SMILES string of the molecule is CN(Cc1ccc(Cl)s1)CC(N)c1cnn(C)c1. The molecule has 0 amide bonds. The molecule has 98 valence electrons. The highest BCUT2D eigenvalue weighted by Gasteiger charge is 2.12. The van der Waals surface area contributed by atoms with Crippen molar-refractivity contribution in [3.8, 4) is 0 Å². The molecule has 0 radical (unpaired) electrons. The van der Waals surface area contributed by atoms with Crippen LogP contribution in [0.25, 0.3) is 0 Å². The fraction of sp³-hybridized carbons (Fsp3) is 0.417. The van der Waals surface area contributed by atoms with Crippen molar-refractivity contribution in [2.24, 2.45) is 12.8 Å². The molecule has 2 aromatic rings. The first kappa shape index (κ1) is 13.5. The van der Waals surface area contributed by atoms with Gasteiger partial charge in [-0.1, -0.05) is 11.6 Å². The van der Waals surface area contributed by atoms with Crippen LogP contribution in [0.4, 0.5) is 0 Å². The lowest BCUT2D eigenvalue weighted by atomic mass is 10.1. The summed E-state index contributed by atoms with van der Waals surface area (Å²) in [7, 11) is 3.96. The van der Waals surface area contributed by atoms with Crippen molar-refractivity contribution in [2.75, 3.05) is 13.6 Å². The molecule has 6 heteroatoms. The molecule has 2 rings (SSSR count). The van der Waals surface area contributed by atoms with Crippen molar-refractivity contribution < 1.29 is 0 Å². The van der Waals surface area contributed by atoms with Crippen LogP contribution < -0.4 is 5.73 Å². The summed E-state index contributed by atoms with van der Waals surface area (Å²) in [5.41, 5.74) is 7.21. The number of hydrogen-bond acceptors (Lipinski definition) is 4. The van der Waals surface area contributed by atoms with Gasteiger partial charge >= 0.3 is 0 Å². The molecule has 2 aromatic heterocycles. The lowest BCUT2D eigenvalue weighted by molar-refractivity contribution is 0.308. The van der Waals surface area contributed by atoms with Gasteiger partial charge in [-0.25, -0.2) is 0 Å². The zero-order chi connectivity index (χ0) is 13.1. The van der Waals surface area contributed by atoms with Crippen molar-refractivity contribution in [3.63, 3.8) is 0 Å². The van der Waals surface area contributed by atoms with E-state index in [9.17, 15) is 0 Å². The van der Waals surface area contributed by atoms with Crippen LogP contribution in [0.2, 0.25) is 4.34 Å². The molecule has 0 saturated carbocycles. The van der Waals surface area contributed by atoms with Crippen LogP contribution in [0.1, 0.15) is 16.5 Å². The summed E-state index contributed by atoms with van der Waals surface area (Å²) in [6, 6.07) is 3.97. The second kappa shape index (κ2) is 5.84. The van der Waals surface area contributed by atoms with Gasteiger partial charge < -0.3 is 5.73 Å². The molecule has 2 heterocycles. The van der Waals surface area contributed by atoms with Crippen LogP contribution in [0.3, 0.4) is 0 Å². The number of aryl methyl sites for hydroxylation is 1. The summed E-state index contributed by atoms with van der Waals surface area (Å²) in [6.45, 7) is 1.66. The molecule has 1 unspecified atom stereocenters. The second-order valence-corrected chi connectivity index (χ2v) is 6.26. The van der Waals surface area contributed by atoms with E-state index >= 15 is 0 Å². The molecular weight excluding hydrogens is 268 g/mol. The largest absolute Gasteiger partial charge is 0.323 e. The van der Waals surface area contributed by atoms with Crippen LogP contribution in [-0.4, -0.2) is 28.3 Å². The smallest absolute Gasteiger partial charge is 0.0931 e. The molecule has 0 spiro atoms. The maximum atomic E-state index is 6.15. The molecule has 0 aliphatic rings. The van der Waals surface area contributed by atoms with E-state index < -0.39 is 0 Å². The fourth-order valence-corrected chi connectivity index (χ4v) is 3.01. The molecule has 0 aliphatic carbocycles. The number of likely N-dealkylation sites (N-methyl/N-ethyl adjacent to an activating group) is 1. The minimum absolute atomic E-state index is 0.0147. The van der Waals surface area contributed by atoms with Gasteiger partial charge in [0.25, 0.3) is 0 Å². The number of nitrogens with zero attached hydrogens (tertiary/aromatic N) is 3. The van der Waals surface area contributed by atoms with Gasteiger partial charge in [0.2, 0.25) is 0 Å². The minimum Gasteiger partial charge on any atom is -0.323 e. The predicted octanol–water partition coefficient (Wildman–Crippen LogP) is 2.27. The highest BCUT2D eigenvalue weighted by atomic mass is 35.5. The summed E-state index contributed by atoms with van der Waals surface area (Å²) < 4.78 is 2.60. The van der Waals surface area contributed by atoms with E-state index in [1.165, 1.54) is 4.88 Å². The summed E-state index contributed by atoms with van der Waals surface area (Å²) in [6.07, 6.45) is 3.78. The normalized spacial score (nSPS) is 13.2. The van der Waals surface area contributed by atoms with Crippen LogP contribution in [0.5, 0.6) is 0 Å². The van der Waals surface area contributed by atoms with E-state index in [1.54, 1.807) is 16.0 Å². The average molecular weight is 285 g/mol. The second-order valence-electron chi connectivity index (χ2n) is 4.46. The third kappa shape index (κ3) is 3.55. The Morgan fingerprint density at radius 1 is 1.56 bits per heavy atom. The highest BCUT2D eigenvalue weighted by molar-refractivity contribution is 7.16. The molecule has 0 fully saturated rings. The Balaban J connectivity index is 1.89. The van der Waals surface area contributed by atoms with Crippen molar-refractivity contribution in [3.05, 3.63) is 39.3 Å². The van der Waals surface area contributed by atoms with E-state index in [0.717, 1.165) is 23.0 Å². The van der Waals surface area contributed by atoms with Crippen molar-refractivity contribution in [1.82, 2.24) is 14.7 Å². The molecule has 2 N–H and O–H groups in total. The number of halogens is 1. The van der Waals surface area contributed by atoms with Gasteiger partial charge in [-0.2, -0.15) is 5.10 Å². The third-order valence-electron chi connectivity index (χ3n) is 2.72. The Bertz CT molecular complexity index is 508. The molecule has 18 heavy (non-hydrogen) atoms. The minimum atomic E-state index is -0.0147. The number of nitrogens with two attached hydrogens (primary N) is 1. The number of aromatic nitrogens is 2.